The molecule has 0 radical (unpaired) electrons. The summed E-state index contributed by atoms with van der Waals surface area (Å²) in [5.74, 6) is 0.229. The molecule has 9 heteroatoms. The fraction of sp³-hybridized carbons (Fsp3) is 0.412. The van der Waals surface area contributed by atoms with Crippen LogP contribution in [0.5, 0.6) is 0 Å². The normalized spacial score (nSPS) is 18.1. The third kappa shape index (κ3) is 4.02. The van der Waals surface area contributed by atoms with E-state index in [1.807, 2.05) is 18.2 Å². The fourth-order valence-electron chi connectivity index (χ4n) is 2.69. The van der Waals surface area contributed by atoms with Crippen LogP contribution in [0.2, 0.25) is 5.02 Å². The first-order chi connectivity index (χ1) is 12.3. The van der Waals surface area contributed by atoms with Crippen LogP contribution in [-0.2, 0) is 10.9 Å². The Morgan fingerprint density at radius 3 is 2.62 bits per heavy atom. The van der Waals surface area contributed by atoms with Crippen molar-refractivity contribution in [3.63, 3.8) is 0 Å². The number of halogens is 4. The molecule has 2 aromatic rings. The van der Waals surface area contributed by atoms with Crippen molar-refractivity contribution < 1.29 is 17.9 Å². The lowest BCUT2D eigenvalue weighted by molar-refractivity contribution is -0.141. The van der Waals surface area contributed by atoms with E-state index >= 15 is 0 Å². The molecule has 1 aromatic heterocycles. The van der Waals surface area contributed by atoms with Gasteiger partial charge >= 0.3 is 6.18 Å². The van der Waals surface area contributed by atoms with Crippen LogP contribution in [0.25, 0.3) is 0 Å². The van der Waals surface area contributed by atoms with E-state index < -0.39 is 11.9 Å². The lowest BCUT2D eigenvalue weighted by atomic mass is 10.1. The molecular weight excluding hydrogens is 369 g/mol. The molecule has 0 bridgehead atoms. The van der Waals surface area contributed by atoms with Crippen LogP contribution in [0.1, 0.15) is 17.4 Å². The molecular formula is C17H18ClF3N4O. The third-order valence-electron chi connectivity index (χ3n) is 4.05. The fourth-order valence-corrected chi connectivity index (χ4v) is 2.95. The van der Waals surface area contributed by atoms with Crippen LogP contribution >= 0.6 is 11.6 Å². The van der Waals surface area contributed by atoms with Crippen LogP contribution in [0.4, 0.5) is 24.9 Å². The number of benzene rings is 1. The van der Waals surface area contributed by atoms with Gasteiger partial charge in [-0.2, -0.15) is 18.2 Å². The van der Waals surface area contributed by atoms with E-state index in [2.05, 4.69) is 9.97 Å². The molecule has 0 spiro atoms. The van der Waals surface area contributed by atoms with Crippen LogP contribution < -0.4 is 9.80 Å². The molecule has 1 saturated heterocycles. The van der Waals surface area contributed by atoms with Crippen molar-refractivity contribution in [2.45, 2.75) is 12.3 Å². The number of rotatable bonds is 3. The maximum atomic E-state index is 13.2. The van der Waals surface area contributed by atoms with Crippen molar-refractivity contribution >= 4 is 23.4 Å². The summed E-state index contributed by atoms with van der Waals surface area (Å²) < 4.78 is 45.4. The van der Waals surface area contributed by atoms with Gasteiger partial charge in [0.1, 0.15) is 11.9 Å². The maximum absolute atomic E-state index is 13.2. The van der Waals surface area contributed by atoms with Crippen LogP contribution in [-0.4, -0.2) is 43.8 Å². The Morgan fingerprint density at radius 1 is 1.23 bits per heavy atom. The highest BCUT2D eigenvalue weighted by Gasteiger charge is 2.35. The van der Waals surface area contributed by atoms with Gasteiger partial charge in [-0.3, -0.25) is 0 Å². The Balaban J connectivity index is 1.93. The summed E-state index contributed by atoms with van der Waals surface area (Å²) in [6.45, 7) is 1.06. The molecule has 0 saturated carbocycles. The highest BCUT2D eigenvalue weighted by atomic mass is 35.5. The van der Waals surface area contributed by atoms with E-state index in [1.165, 1.54) is 4.90 Å². The molecule has 1 atom stereocenters. The molecule has 2 heterocycles. The van der Waals surface area contributed by atoms with Crippen molar-refractivity contribution in [2.24, 2.45) is 0 Å². The molecule has 0 N–H and O–H groups in total. The first kappa shape index (κ1) is 18.7. The molecule has 26 heavy (non-hydrogen) atoms. The van der Waals surface area contributed by atoms with Crippen molar-refractivity contribution in [1.29, 1.82) is 0 Å². The van der Waals surface area contributed by atoms with Gasteiger partial charge in [0.2, 0.25) is 5.95 Å². The number of alkyl halides is 3. The van der Waals surface area contributed by atoms with Gasteiger partial charge in [-0.05, 0) is 6.07 Å². The molecule has 1 unspecified atom stereocenters. The Bertz CT molecular complexity index is 785. The summed E-state index contributed by atoms with van der Waals surface area (Å²) in [6.07, 6.45) is -4.91. The van der Waals surface area contributed by atoms with E-state index in [9.17, 15) is 13.2 Å². The van der Waals surface area contributed by atoms with E-state index in [-0.39, 0.29) is 17.9 Å². The zero-order valence-corrected chi connectivity index (χ0v) is 15.1. The number of aromatic nitrogens is 2. The lowest BCUT2D eigenvalue weighted by Gasteiger charge is -2.34. The number of nitrogens with zero attached hydrogens (tertiary/aromatic N) is 4. The quantitative estimate of drug-likeness (QED) is 0.802. The van der Waals surface area contributed by atoms with Gasteiger partial charge in [-0.1, -0.05) is 29.8 Å². The number of hydrogen-bond acceptors (Lipinski definition) is 5. The van der Waals surface area contributed by atoms with Crippen molar-refractivity contribution in [3.05, 3.63) is 46.6 Å². The summed E-state index contributed by atoms with van der Waals surface area (Å²) in [6, 6.07) is 8.19. The van der Waals surface area contributed by atoms with Gasteiger partial charge in [0.15, 0.2) is 5.69 Å². The van der Waals surface area contributed by atoms with E-state index in [4.69, 9.17) is 16.3 Å². The molecule has 5 nitrogen and oxygen atoms in total. The molecule has 1 fully saturated rings. The minimum absolute atomic E-state index is 0.0314. The molecule has 1 aliphatic rings. The predicted molar refractivity (Wildman–Crippen MR) is 93.7 cm³/mol. The van der Waals surface area contributed by atoms with Crippen LogP contribution in [0.3, 0.4) is 0 Å². The first-order valence-corrected chi connectivity index (χ1v) is 8.38. The van der Waals surface area contributed by atoms with Gasteiger partial charge in [0.25, 0.3) is 0 Å². The molecule has 1 aromatic carbocycles. The lowest BCUT2D eigenvalue weighted by Crippen LogP contribution is -2.40. The monoisotopic (exact) mass is 386 g/mol. The number of hydrogen-bond donors (Lipinski definition) is 0. The number of morpholine rings is 1. The number of anilines is 2. The molecule has 3 rings (SSSR count). The predicted octanol–water partition coefficient (Wildman–Crippen LogP) is 3.79. The van der Waals surface area contributed by atoms with Gasteiger partial charge in [-0.15, -0.1) is 0 Å². The van der Waals surface area contributed by atoms with E-state index in [0.717, 1.165) is 11.6 Å². The van der Waals surface area contributed by atoms with E-state index in [0.29, 0.717) is 24.7 Å². The van der Waals surface area contributed by atoms with E-state index in [1.54, 1.807) is 25.1 Å². The summed E-state index contributed by atoms with van der Waals surface area (Å²) in [7, 11) is 3.27. The zero-order chi connectivity index (χ0) is 18.9. The smallest absolute Gasteiger partial charge is 0.370 e. The highest BCUT2D eigenvalue weighted by molar-refractivity contribution is 6.31. The summed E-state index contributed by atoms with van der Waals surface area (Å²) >= 11 is 6.22. The van der Waals surface area contributed by atoms with Crippen molar-refractivity contribution in [1.82, 2.24) is 9.97 Å². The maximum Gasteiger partial charge on any atom is 0.433 e. The topological polar surface area (TPSA) is 41.5 Å². The molecule has 0 aliphatic carbocycles. The second-order valence-corrected chi connectivity index (χ2v) is 6.54. The minimum atomic E-state index is -4.54. The van der Waals surface area contributed by atoms with Gasteiger partial charge in [0, 0.05) is 37.3 Å². The Kier molecular flexibility index (Phi) is 5.24. The summed E-state index contributed by atoms with van der Waals surface area (Å²) in [4.78, 5) is 11.2. The van der Waals surface area contributed by atoms with Gasteiger partial charge in [-0.25, -0.2) is 4.98 Å². The summed E-state index contributed by atoms with van der Waals surface area (Å²) in [5.41, 5.74) is -0.175. The van der Waals surface area contributed by atoms with Crippen molar-refractivity contribution in [3.8, 4) is 0 Å². The average molecular weight is 387 g/mol. The van der Waals surface area contributed by atoms with Crippen molar-refractivity contribution in [2.75, 3.05) is 43.6 Å². The van der Waals surface area contributed by atoms with Gasteiger partial charge in [0.05, 0.1) is 13.2 Å². The second-order valence-electron chi connectivity index (χ2n) is 6.13. The standard InChI is InChI=1S/C17H18ClF3N4O/c1-24(2)15-9-14(17(19,20)21)22-16(23-15)25-7-8-26-13(10-25)11-5-3-4-6-12(11)18/h3-6,9,13H,7-8,10H2,1-2H3. The Morgan fingerprint density at radius 2 is 1.96 bits per heavy atom. The first-order valence-electron chi connectivity index (χ1n) is 8.00. The molecule has 0 amide bonds. The Labute approximate surface area is 154 Å². The molecule has 1 aliphatic heterocycles. The third-order valence-corrected chi connectivity index (χ3v) is 4.40. The second kappa shape index (κ2) is 7.28. The average Bonchev–Trinajstić information content (AvgIpc) is 2.61. The SMILES string of the molecule is CN(C)c1cc(C(F)(F)F)nc(N2CCOC(c3ccccc3Cl)C2)n1. The number of ether oxygens (including phenoxy) is 1. The minimum Gasteiger partial charge on any atom is -0.370 e. The molecule has 140 valence electrons. The highest BCUT2D eigenvalue weighted by Crippen LogP contribution is 2.33. The van der Waals surface area contributed by atoms with Crippen LogP contribution in [0, 0.1) is 0 Å². The summed E-state index contributed by atoms with van der Waals surface area (Å²) in [5, 5.41) is 0.554. The van der Waals surface area contributed by atoms with Gasteiger partial charge < -0.3 is 14.5 Å². The zero-order valence-electron chi connectivity index (χ0n) is 14.3. The van der Waals surface area contributed by atoms with Crippen LogP contribution in [0.15, 0.2) is 30.3 Å². The Hall–Kier alpha value is -2.06. The largest absolute Gasteiger partial charge is 0.433 e.